The van der Waals surface area contributed by atoms with Gasteiger partial charge in [-0.05, 0) is 26.2 Å². The van der Waals surface area contributed by atoms with E-state index in [4.69, 9.17) is 5.73 Å². The van der Waals surface area contributed by atoms with Gasteiger partial charge in [0.25, 0.3) is 0 Å². The van der Waals surface area contributed by atoms with Crippen molar-refractivity contribution in [2.45, 2.75) is 52.1 Å². The van der Waals surface area contributed by atoms with Crippen LogP contribution in [0, 0.1) is 0 Å². The minimum absolute atomic E-state index is 0.310. The lowest BCUT2D eigenvalue weighted by atomic mass is 10.1. The highest BCUT2D eigenvalue weighted by molar-refractivity contribution is 4.92. The van der Waals surface area contributed by atoms with E-state index in [9.17, 15) is 0 Å². The topological polar surface area (TPSA) is 43.8 Å². The smallest absolute Gasteiger partial charge is 0.108 e. The summed E-state index contributed by atoms with van der Waals surface area (Å²) < 4.78 is 2.24. The molecule has 80 valence electrons. The molecule has 2 N–H and O–H groups in total. The summed E-state index contributed by atoms with van der Waals surface area (Å²) in [4.78, 5) is 4.35. The number of aromatic nitrogens is 2. The molecule has 0 aliphatic heterocycles. The van der Waals surface area contributed by atoms with E-state index >= 15 is 0 Å². The Bertz CT molecular complexity index is 253. The van der Waals surface area contributed by atoms with E-state index in [1.165, 1.54) is 5.82 Å². The maximum absolute atomic E-state index is 5.70. The summed E-state index contributed by atoms with van der Waals surface area (Å²) in [5.41, 5.74) is 5.70. The summed E-state index contributed by atoms with van der Waals surface area (Å²) in [6.07, 6.45) is 8.38. The van der Waals surface area contributed by atoms with Gasteiger partial charge in [0.2, 0.25) is 0 Å². The molecule has 1 aromatic heterocycles. The van der Waals surface area contributed by atoms with Crippen LogP contribution in [0.5, 0.6) is 0 Å². The van der Waals surface area contributed by atoms with Crippen LogP contribution < -0.4 is 5.73 Å². The van der Waals surface area contributed by atoms with Crippen LogP contribution in [0.15, 0.2) is 12.4 Å². The van der Waals surface area contributed by atoms with Crippen molar-refractivity contribution in [2.75, 3.05) is 0 Å². The van der Waals surface area contributed by atoms with Crippen molar-refractivity contribution in [3.8, 4) is 0 Å². The largest absolute Gasteiger partial charge is 0.335 e. The van der Waals surface area contributed by atoms with Gasteiger partial charge in [-0.1, -0.05) is 6.92 Å². The second kappa shape index (κ2) is 5.81. The maximum Gasteiger partial charge on any atom is 0.108 e. The van der Waals surface area contributed by atoms with Gasteiger partial charge in [0.05, 0.1) is 0 Å². The van der Waals surface area contributed by atoms with Gasteiger partial charge < -0.3 is 10.3 Å². The molecular weight excluding hydrogens is 174 g/mol. The SMILES string of the molecule is CCCn1ccnc1CCCC(C)N. The van der Waals surface area contributed by atoms with Crippen molar-refractivity contribution in [1.82, 2.24) is 9.55 Å². The Morgan fingerprint density at radius 1 is 1.57 bits per heavy atom. The molecule has 1 heterocycles. The molecule has 1 unspecified atom stereocenters. The molecule has 0 aromatic carbocycles. The van der Waals surface area contributed by atoms with Gasteiger partial charge in [-0.25, -0.2) is 4.98 Å². The first kappa shape index (κ1) is 11.2. The lowest BCUT2D eigenvalue weighted by Crippen LogP contribution is -2.15. The fourth-order valence-corrected chi connectivity index (χ4v) is 1.59. The van der Waals surface area contributed by atoms with E-state index in [0.717, 1.165) is 32.2 Å². The second-order valence-electron chi connectivity index (χ2n) is 3.91. The van der Waals surface area contributed by atoms with E-state index in [-0.39, 0.29) is 0 Å². The quantitative estimate of drug-likeness (QED) is 0.754. The number of hydrogen-bond donors (Lipinski definition) is 1. The van der Waals surface area contributed by atoms with Crippen LogP contribution in [0.2, 0.25) is 0 Å². The van der Waals surface area contributed by atoms with Crippen molar-refractivity contribution >= 4 is 0 Å². The highest BCUT2D eigenvalue weighted by Gasteiger charge is 2.02. The summed E-state index contributed by atoms with van der Waals surface area (Å²) >= 11 is 0. The third-order valence-electron chi connectivity index (χ3n) is 2.33. The number of nitrogens with two attached hydrogens (primary N) is 1. The van der Waals surface area contributed by atoms with Crippen LogP contribution in [0.25, 0.3) is 0 Å². The average Bonchev–Trinajstić information content (AvgIpc) is 2.53. The fourth-order valence-electron chi connectivity index (χ4n) is 1.59. The third kappa shape index (κ3) is 3.50. The number of rotatable bonds is 6. The van der Waals surface area contributed by atoms with Crippen molar-refractivity contribution in [3.05, 3.63) is 18.2 Å². The zero-order valence-corrected chi connectivity index (χ0v) is 9.24. The van der Waals surface area contributed by atoms with Crippen LogP contribution >= 0.6 is 0 Å². The van der Waals surface area contributed by atoms with Crippen LogP contribution in [-0.2, 0) is 13.0 Å². The zero-order valence-electron chi connectivity index (χ0n) is 9.24. The van der Waals surface area contributed by atoms with E-state index < -0.39 is 0 Å². The van der Waals surface area contributed by atoms with Crippen LogP contribution in [0.1, 0.15) is 38.9 Å². The minimum atomic E-state index is 0.310. The third-order valence-corrected chi connectivity index (χ3v) is 2.33. The summed E-state index contributed by atoms with van der Waals surface area (Å²) in [6.45, 7) is 5.32. The van der Waals surface area contributed by atoms with Crippen molar-refractivity contribution in [1.29, 1.82) is 0 Å². The normalized spacial score (nSPS) is 13.1. The average molecular weight is 195 g/mol. The number of imidazole rings is 1. The molecule has 0 radical (unpaired) electrons. The molecule has 0 saturated carbocycles. The van der Waals surface area contributed by atoms with Gasteiger partial charge in [0.15, 0.2) is 0 Å². The van der Waals surface area contributed by atoms with Gasteiger partial charge >= 0.3 is 0 Å². The summed E-state index contributed by atoms with van der Waals surface area (Å²) in [6, 6.07) is 0.310. The summed E-state index contributed by atoms with van der Waals surface area (Å²) in [5.74, 6) is 1.20. The Labute approximate surface area is 86.3 Å². The molecule has 1 aromatic rings. The highest BCUT2D eigenvalue weighted by atomic mass is 15.1. The molecule has 0 spiro atoms. The van der Waals surface area contributed by atoms with Crippen LogP contribution in [0.3, 0.4) is 0 Å². The first-order valence-corrected chi connectivity index (χ1v) is 5.49. The lowest BCUT2D eigenvalue weighted by molar-refractivity contribution is 0.581. The Hall–Kier alpha value is -0.830. The van der Waals surface area contributed by atoms with Crippen LogP contribution in [-0.4, -0.2) is 15.6 Å². The molecule has 14 heavy (non-hydrogen) atoms. The molecule has 3 heteroatoms. The van der Waals surface area contributed by atoms with Gasteiger partial charge in [0.1, 0.15) is 5.82 Å². The molecule has 1 atom stereocenters. The number of hydrogen-bond acceptors (Lipinski definition) is 2. The summed E-state index contributed by atoms with van der Waals surface area (Å²) in [5, 5.41) is 0. The van der Waals surface area contributed by atoms with E-state index in [0.29, 0.717) is 6.04 Å². The van der Waals surface area contributed by atoms with Crippen LogP contribution in [0.4, 0.5) is 0 Å². The number of aryl methyl sites for hydroxylation is 2. The van der Waals surface area contributed by atoms with Gasteiger partial charge in [0, 0.05) is 31.4 Å². The number of nitrogens with zero attached hydrogens (tertiary/aromatic N) is 2. The molecule has 1 rings (SSSR count). The van der Waals surface area contributed by atoms with E-state index in [1.54, 1.807) is 0 Å². The first-order valence-electron chi connectivity index (χ1n) is 5.49. The Morgan fingerprint density at radius 2 is 2.36 bits per heavy atom. The molecular formula is C11H21N3. The summed E-state index contributed by atoms with van der Waals surface area (Å²) in [7, 11) is 0. The van der Waals surface area contributed by atoms with Crippen molar-refractivity contribution < 1.29 is 0 Å². The molecule has 3 nitrogen and oxygen atoms in total. The molecule has 0 aliphatic carbocycles. The minimum Gasteiger partial charge on any atom is -0.335 e. The standard InChI is InChI=1S/C11H21N3/c1-3-8-14-9-7-13-11(14)6-4-5-10(2)12/h7,9-10H,3-6,8,12H2,1-2H3. The van der Waals surface area contributed by atoms with Crippen molar-refractivity contribution in [2.24, 2.45) is 5.73 Å². The monoisotopic (exact) mass is 195 g/mol. The first-order chi connectivity index (χ1) is 6.74. The zero-order chi connectivity index (χ0) is 10.4. The predicted molar refractivity (Wildman–Crippen MR) is 59.1 cm³/mol. The van der Waals surface area contributed by atoms with Gasteiger partial charge in [-0.2, -0.15) is 0 Å². The Morgan fingerprint density at radius 3 is 3.00 bits per heavy atom. The van der Waals surface area contributed by atoms with Gasteiger partial charge in [-0.3, -0.25) is 0 Å². The van der Waals surface area contributed by atoms with E-state index in [2.05, 4.69) is 29.6 Å². The lowest BCUT2D eigenvalue weighted by Gasteiger charge is -2.07. The molecule has 0 aliphatic rings. The Balaban J connectivity index is 2.37. The predicted octanol–water partition coefficient (Wildman–Crippen LogP) is 1.96. The fraction of sp³-hybridized carbons (Fsp3) is 0.727. The Kier molecular flexibility index (Phi) is 4.66. The molecule has 0 saturated heterocycles. The second-order valence-corrected chi connectivity index (χ2v) is 3.91. The highest BCUT2D eigenvalue weighted by Crippen LogP contribution is 2.05. The molecule has 0 fully saturated rings. The molecule has 0 bridgehead atoms. The maximum atomic E-state index is 5.70. The van der Waals surface area contributed by atoms with Gasteiger partial charge in [-0.15, -0.1) is 0 Å². The van der Waals surface area contributed by atoms with E-state index in [1.807, 2.05) is 6.20 Å². The molecule has 0 amide bonds. The van der Waals surface area contributed by atoms with Crippen molar-refractivity contribution in [3.63, 3.8) is 0 Å².